The third-order valence-corrected chi connectivity index (χ3v) is 13.1. The number of aromatic amines is 1. The molecule has 2 heterocycles. The second kappa shape index (κ2) is 27.1. The Hall–Kier alpha value is -2.67. The van der Waals surface area contributed by atoms with Crippen LogP contribution in [-0.4, -0.2) is 39.3 Å². The molecule has 0 saturated heterocycles. The van der Waals surface area contributed by atoms with E-state index >= 15 is 0 Å². The number of phosphoric ester groups is 1. The molecule has 0 amide bonds. The van der Waals surface area contributed by atoms with Crippen molar-refractivity contribution in [3.63, 3.8) is 0 Å². The lowest BCUT2D eigenvalue weighted by atomic mass is 10.0. The van der Waals surface area contributed by atoms with Crippen molar-refractivity contribution in [1.29, 1.82) is 0 Å². The van der Waals surface area contributed by atoms with Crippen LogP contribution in [0.25, 0.3) is 0 Å². The zero-order valence-corrected chi connectivity index (χ0v) is 35.6. The van der Waals surface area contributed by atoms with Gasteiger partial charge in [-0.05, 0) is 43.5 Å². The van der Waals surface area contributed by atoms with Crippen molar-refractivity contribution in [3.8, 4) is 5.75 Å². The number of hydrogen-bond donors (Lipinski definition) is 3. The van der Waals surface area contributed by atoms with Crippen LogP contribution < -0.4 is 22.1 Å². The summed E-state index contributed by atoms with van der Waals surface area (Å²) in [7, 11) is -9.04. The van der Waals surface area contributed by atoms with Gasteiger partial charge in [-0.25, -0.2) is 13.7 Å². The number of phosphoric acid groups is 1. The molecule has 14 nitrogen and oxygen atoms in total. The van der Waals surface area contributed by atoms with Crippen LogP contribution in [-0.2, 0) is 38.6 Å². The Kier molecular flexibility index (Phi) is 23.9. The van der Waals surface area contributed by atoms with Gasteiger partial charge < -0.3 is 25.0 Å². The monoisotopic (exact) mass is 827 g/mol. The Morgan fingerprint density at radius 1 is 0.804 bits per heavy atom. The molecule has 1 aliphatic heterocycles. The number of nitrogens with zero attached hydrogens (tertiary/aromatic N) is 1. The molecule has 1 aromatic heterocycles. The van der Waals surface area contributed by atoms with Gasteiger partial charge in [-0.15, -0.1) is 0 Å². The summed E-state index contributed by atoms with van der Waals surface area (Å²) in [5.41, 5.74) is -0.265. The molecule has 3 rings (SSSR count). The largest absolute Gasteiger partial charge is 0.479 e. The van der Waals surface area contributed by atoms with Crippen molar-refractivity contribution in [2.75, 3.05) is 12.8 Å². The van der Waals surface area contributed by atoms with Gasteiger partial charge >= 0.3 is 27.1 Å². The molecule has 16 heteroatoms. The molecule has 2 unspecified atom stereocenters. The van der Waals surface area contributed by atoms with Crippen LogP contribution in [0.2, 0.25) is 0 Å². The molecule has 0 spiro atoms. The summed E-state index contributed by atoms with van der Waals surface area (Å²) >= 11 is 0. The number of aryl methyl sites for hydroxylation is 1. The Morgan fingerprint density at radius 3 is 1.93 bits per heavy atom. The normalized spacial score (nSPS) is 17.3. The smallest absolute Gasteiger partial charge is 0.427 e. The van der Waals surface area contributed by atoms with Crippen molar-refractivity contribution in [2.45, 2.75) is 162 Å². The van der Waals surface area contributed by atoms with Crippen LogP contribution in [0.5, 0.6) is 5.75 Å². The Morgan fingerprint density at radius 2 is 1.36 bits per heavy atom. The zero-order valence-electron chi connectivity index (χ0n) is 33.8. The number of hydrogen-bond acceptors (Lipinski definition) is 11. The number of aromatic nitrogens is 2. The van der Waals surface area contributed by atoms with Gasteiger partial charge in [0.2, 0.25) is 0 Å². The zero-order chi connectivity index (χ0) is 39.9. The van der Waals surface area contributed by atoms with Crippen LogP contribution in [0.3, 0.4) is 0 Å². The van der Waals surface area contributed by atoms with Gasteiger partial charge in [0, 0.05) is 18.2 Å². The summed E-state index contributed by atoms with van der Waals surface area (Å²) in [6, 6.07) is 6.53. The van der Waals surface area contributed by atoms with Gasteiger partial charge in [0.05, 0.1) is 19.4 Å². The SMILES string of the molecule is CCCCCCCCCCCCCCCCCCP(=O)(OCc1ccc(OC(=O)CCCC)cc1)OP(=O)(O)OC[C@@H]1C=C[C@H](n2cc(C)c(=O)[nH]c2=O)O1.N. The van der Waals surface area contributed by atoms with Crippen LogP contribution >= 0.6 is 15.4 Å². The van der Waals surface area contributed by atoms with Crippen LogP contribution in [0, 0.1) is 6.92 Å². The van der Waals surface area contributed by atoms with Gasteiger partial charge in [-0.3, -0.25) is 28.2 Å². The number of benzene rings is 1. The van der Waals surface area contributed by atoms with E-state index in [1.807, 2.05) is 6.92 Å². The highest BCUT2D eigenvalue weighted by molar-refractivity contribution is 7.64. The van der Waals surface area contributed by atoms with Crippen LogP contribution in [0.15, 0.2) is 52.2 Å². The molecular weight excluding hydrogens is 760 g/mol. The number of carbonyl (C=O) groups excluding carboxylic acids is 1. The first-order valence-electron chi connectivity index (χ1n) is 20.3. The van der Waals surface area contributed by atoms with E-state index in [0.717, 1.165) is 38.5 Å². The minimum absolute atomic E-state index is 0. The molecule has 0 aliphatic carbocycles. The molecule has 1 aliphatic rings. The number of nitrogens with one attached hydrogen (secondary N) is 1. The first-order chi connectivity index (χ1) is 26.4. The lowest BCUT2D eigenvalue weighted by molar-refractivity contribution is -0.134. The Balaban J connectivity index is 0.0000108. The molecule has 5 N–H and O–H groups in total. The van der Waals surface area contributed by atoms with Crippen LogP contribution in [0.1, 0.15) is 153 Å². The van der Waals surface area contributed by atoms with E-state index in [1.165, 1.54) is 81.4 Å². The fourth-order valence-corrected chi connectivity index (χ4v) is 9.56. The molecule has 0 radical (unpaired) electrons. The number of unbranched alkanes of at least 4 members (excludes halogenated alkanes) is 16. The lowest BCUT2D eigenvalue weighted by Crippen LogP contribution is -2.33. The number of ether oxygens (including phenoxy) is 2. The van der Waals surface area contributed by atoms with E-state index in [-0.39, 0.29) is 24.9 Å². The summed E-state index contributed by atoms with van der Waals surface area (Å²) in [5.74, 6) is 0.0485. The van der Waals surface area contributed by atoms with Crippen molar-refractivity contribution >= 4 is 21.4 Å². The predicted molar refractivity (Wildman–Crippen MR) is 219 cm³/mol. The number of H-pyrrole nitrogens is 1. The van der Waals surface area contributed by atoms with E-state index in [4.69, 9.17) is 22.8 Å². The minimum atomic E-state index is -4.90. The van der Waals surface area contributed by atoms with Crippen molar-refractivity contribution in [3.05, 3.63) is 74.6 Å². The standard InChI is InChI=1S/C40H64N2O11P2.H3N/c1-4-6-8-9-10-11-12-13-14-15-16-17-18-19-20-21-29-54(46,49-31-34-23-25-35(26-24-34)52-38(43)22-7-5-2)53-55(47,48)50-32-36-27-28-37(51-36)42-30-33(3)39(44)41-40(42)45;/h23-28,30,36-37H,4-22,29,31-32H2,1-3H3,(H,47,48)(H,41,44,45);1H3/t36-,37+,54?;/m0./s1. The molecule has 4 atom stereocenters. The maximum absolute atomic E-state index is 14.0. The quantitative estimate of drug-likeness (QED) is 0.0221. The fraction of sp³-hybridized carbons (Fsp3) is 0.675. The van der Waals surface area contributed by atoms with Crippen LogP contribution in [0.4, 0.5) is 0 Å². The molecule has 56 heavy (non-hydrogen) atoms. The van der Waals surface area contributed by atoms with Gasteiger partial charge in [0.1, 0.15) is 11.9 Å². The predicted octanol–water partition coefficient (Wildman–Crippen LogP) is 10.4. The van der Waals surface area contributed by atoms with E-state index in [0.29, 0.717) is 29.7 Å². The average molecular weight is 828 g/mol. The van der Waals surface area contributed by atoms with E-state index in [1.54, 1.807) is 43.3 Å². The third kappa shape index (κ3) is 19.7. The second-order valence-electron chi connectivity index (χ2n) is 14.4. The lowest BCUT2D eigenvalue weighted by Gasteiger charge is -2.22. The number of carbonyl (C=O) groups is 1. The van der Waals surface area contributed by atoms with Gasteiger partial charge in [0.15, 0.2) is 6.23 Å². The summed E-state index contributed by atoms with van der Waals surface area (Å²) < 4.78 is 55.6. The van der Waals surface area contributed by atoms with Crippen molar-refractivity contribution in [2.24, 2.45) is 0 Å². The first-order valence-corrected chi connectivity index (χ1v) is 23.5. The molecule has 0 fully saturated rings. The topological polar surface area (TPSA) is 207 Å². The van der Waals surface area contributed by atoms with E-state index in [2.05, 4.69) is 11.9 Å². The molecule has 1 aromatic carbocycles. The van der Waals surface area contributed by atoms with Gasteiger partial charge in [-0.2, -0.15) is 0 Å². The first kappa shape index (κ1) is 49.5. The Labute approximate surface area is 332 Å². The average Bonchev–Trinajstić information content (AvgIpc) is 3.63. The molecule has 0 saturated carbocycles. The number of esters is 1. The highest BCUT2D eigenvalue weighted by Crippen LogP contribution is 2.63. The Bertz CT molecular complexity index is 1660. The van der Waals surface area contributed by atoms with Crippen molar-refractivity contribution < 1.29 is 41.6 Å². The molecule has 318 valence electrons. The maximum Gasteiger partial charge on any atom is 0.479 e. The summed E-state index contributed by atoms with van der Waals surface area (Å²) in [6.07, 6.45) is 23.4. The highest BCUT2D eigenvalue weighted by atomic mass is 31.3. The maximum atomic E-state index is 14.0. The minimum Gasteiger partial charge on any atom is -0.427 e. The molecule has 0 bridgehead atoms. The summed E-state index contributed by atoms with van der Waals surface area (Å²) in [5, 5.41) is 0. The molecule has 2 aromatic rings. The van der Waals surface area contributed by atoms with E-state index < -0.39 is 45.6 Å². The second-order valence-corrected chi connectivity index (χ2v) is 18.2. The van der Waals surface area contributed by atoms with E-state index in [9.17, 15) is 28.4 Å². The molecular formula is C40H67N3O11P2. The van der Waals surface area contributed by atoms with Gasteiger partial charge in [-0.1, -0.05) is 135 Å². The number of rotatable bonds is 30. The third-order valence-electron chi connectivity index (χ3n) is 9.46. The van der Waals surface area contributed by atoms with Crippen molar-refractivity contribution in [1.82, 2.24) is 15.7 Å². The summed E-state index contributed by atoms with van der Waals surface area (Å²) in [4.78, 5) is 48.9. The fourth-order valence-electron chi connectivity index (χ4n) is 6.18. The van der Waals surface area contributed by atoms with Gasteiger partial charge in [0.25, 0.3) is 5.56 Å². The summed E-state index contributed by atoms with van der Waals surface area (Å²) in [6.45, 7) is 5.18. The highest BCUT2D eigenvalue weighted by Gasteiger charge is 2.37.